The largest absolute Gasteiger partial charge is 0.355 e. The number of amides is 1. The molecule has 0 radical (unpaired) electrons. The first-order valence-corrected chi connectivity index (χ1v) is 10.9. The first-order chi connectivity index (χ1) is 14.7. The minimum Gasteiger partial charge on any atom is -0.355 e. The number of hydrogen-bond acceptors (Lipinski definition) is 4. The van der Waals surface area contributed by atoms with Gasteiger partial charge in [0.1, 0.15) is 10.7 Å². The molecular weight excluding hydrogens is 390 g/mol. The van der Waals surface area contributed by atoms with Crippen LogP contribution < -0.4 is 5.32 Å². The van der Waals surface area contributed by atoms with Crippen LogP contribution in [0.4, 0.5) is 0 Å². The monoisotopic (exact) mass is 413 g/mol. The summed E-state index contributed by atoms with van der Waals surface area (Å²) in [5.41, 5.74) is 3.10. The van der Waals surface area contributed by atoms with Crippen molar-refractivity contribution in [3.05, 3.63) is 90.5 Å². The first kappa shape index (κ1) is 20.1. The van der Waals surface area contributed by atoms with Gasteiger partial charge in [0, 0.05) is 22.9 Å². The molecule has 0 saturated heterocycles. The van der Waals surface area contributed by atoms with E-state index in [9.17, 15) is 4.79 Å². The summed E-state index contributed by atoms with van der Waals surface area (Å²) in [5, 5.41) is 14.5. The van der Waals surface area contributed by atoms with Gasteiger partial charge in [0.25, 0.3) is 0 Å². The fraction of sp³-hybridized carbons (Fsp3) is 0.160. The van der Waals surface area contributed by atoms with E-state index in [2.05, 4.69) is 33.7 Å². The van der Waals surface area contributed by atoms with E-state index in [0.717, 1.165) is 33.5 Å². The maximum absolute atomic E-state index is 12.6. The van der Waals surface area contributed by atoms with Gasteiger partial charge in [-0.2, -0.15) is 0 Å². The molecule has 1 heterocycles. The molecule has 4 aromatic rings. The number of hydrogen-bond donors (Lipinski definition) is 1. The molecule has 0 spiro atoms. The Balaban J connectivity index is 1.47. The number of fused-ring (bicyclic) bond motifs is 1. The van der Waals surface area contributed by atoms with Crippen LogP contribution in [0.2, 0.25) is 0 Å². The Morgan fingerprint density at radius 1 is 0.867 bits per heavy atom. The van der Waals surface area contributed by atoms with Crippen LogP contribution in [0.15, 0.2) is 90.0 Å². The van der Waals surface area contributed by atoms with Crippen LogP contribution in [0.25, 0.3) is 22.0 Å². The normalized spacial score (nSPS) is 11.9. The van der Waals surface area contributed by atoms with Crippen molar-refractivity contribution in [1.82, 2.24) is 15.5 Å². The van der Waals surface area contributed by atoms with E-state index in [0.29, 0.717) is 6.54 Å². The molecule has 1 N–H and O–H groups in total. The quantitative estimate of drug-likeness (QED) is 0.427. The molecule has 30 heavy (non-hydrogen) atoms. The number of carbonyl (C=O) groups excluding carboxylic acids is 1. The van der Waals surface area contributed by atoms with E-state index in [1.165, 1.54) is 17.3 Å². The number of thioether (sulfide) groups is 1. The van der Waals surface area contributed by atoms with Crippen LogP contribution in [0.1, 0.15) is 12.5 Å². The van der Waals surface area contributed by atoms with Gasteiger partial charge in [0.2, 0.25) is 5.91 Å². The summed E-state index contributed by atoms with van der Waals surface area (Å²) in [6.45, 7) is 2.52. The Kier molecular flexibility index (Phi) is 6.40. The van der Waals surface area contributed by atoms with Crippen molar-refractivity contribution in [2.24, 2.45) is 0 Å². The SMILES string of the molecule is C[C@H](Sc1nnc(-c2ccccc2)c2ccccc12)C(=O)NCCc1ccccc1. The van der Waals surface area contributed by atoms with Crippen molar-refractivity contribution in [3.8, 4) is 11.3 Å². The van der Waals surface area contributed by atoms with Gasteiger partial charge in [-0.15, -0.1) is 10.2 Å². The number of nitrogens with one attached hydrogen (secondary N) is 1. The van der Waals surface area contributed by atoms with Crippen LogP contribution in [0.3, 0.4) is 0 Å². The van der Waals surface area contributed by atoms with Crippen molar-refractivity contribution < 1.29 is 4.79 Å². The first-order valence-electron chi connectivity index (χ1n) is 10.0. The smallest absolute Gasteiger partial charge is 0.233 e. The highest BCUT2D eigenvalue weighted by Gasteiger charge is 2.18. The maximum atomic E-state index is 12.6. The van der Waals surface area contributed by atoms with Crippen LogP contribution in [0, 0.1) is 0 Å². The zero-order valence-corrected chi connectivity index (χ0v) is 17.6. The molecular formula is C25H23N3OS. The molecule has 0 aliphatic carbocycles. The van der Waals surface area contributed by atoms with Crippen LogP contribution >= 0.6 is 11.8 Å². The lowest BCUT2D eigenvalue weighted by Gasteiger charge is -2.14. The van der Waals surface area contributed by atoms with Gasteiger partial charge in [0.05, 0.1) is 5.25 Å². The van der Waals surface area contributed by atoms with Crippen molar-refractivity contribution >= 4 is 28.4 Å². The molecule has 3 aromatic carbocycles. The summed E-state index contributed by atoms with van der Waals surface area (Å²) >= 11 is 1.45. The standard InChI is InChI=1S/C25H23N3OS/c1-18(24(29)26-17-16-19-10-4-2-5-11-19)30-25-22-15-9-8-14-21(22)23(27-28-25)20-12-6-3-7-13-20/h2-15,18H,16-17H2,1H3,(H,26,29)/t18-/m0/s1. The number of aromatic nitrogens is 2. The Morgan fingerprint density at radius 3 is 2.23 bits per heavy atom. The lowest BCUT2D eigenvalue weighted by atomic mass is 10.1. The molecule has 0 fully saturated rings. The Hall–Kier alpha value is -3.18. The third-order valence-corrected chi connectivity index (χ3v) is 6.01. The molecule has 1 amide bonds. The Bertz CT molecular complexity index is 1130. The Labute approximate surface area is 180 Å². The van der Waals surface area contributed by atoms with Gasteiger partial charge in [-0.05, 0) is 18.9 Å². The van der Waals surface area contributed by atoms with Gasteiger partial charge in [-0.3, -0.25) is 4.79 Å². The summed E-state index contributed by atoms with van der Waals surface area (Å²) in [5.74, 6) is 0.00829. The number of carbonyl (C=O) groups is 1. The molecule has 4 rings (SSSR count). The number of benzene rings is 3. The topological polar surface area (TPSA) is 54.9 Å². The molecule has 4 nitrogen and oxygen atoms in total. The van der Waals surface area contributed by atoms with E-state index in [-0.39, 0.29) is 11.2 Å². The Morgan fingerprint density at radius 2 is 1.50 bits per heavy atom. The second-order valence-electron chi connectivity index (χ2n) is 7.05. The summed E-state index contributed by atoms with van der Waals surface area (Å²) < 4.78 is 0. The summed E-state index contributed by atoms with van der Waals surface area (Å²) in [6, 6.07) is 28.3. The van der Waals surface area contributed by atoms with Crippen molar-refractivity contribution in [3.63, 3.8) is 0 Å². The maximum Gasteiger partial charge on any atom is 0.233 e. The van der Waals surface area contributed by atoms with E-state index >= 15 is 0 Å². The zero-order chi connectivity index (χ0) is 20.8. The summed E-state index contributed by atoms with van der Waals surface area (Å²) in [4.78, 5) is 12.6. The van der Waals surface area contributed by atoms with Gasteiger partial charge < -0.3 is 5.32 Å². The molecule has 1 aromatic heterocycles. The fourth-order valence-electron chi connectivity index (χ4n) is 3.31. The highest BCUT2D eigenvalue weighted by atomic mass is 32.2. The molecule has 0 saturated carbocycles. The van der Waals surface area contributed by atoms with Gasteiger partial charge >= 0.3 is 0 Å². The van der Waals surface area contributed by atoms with Crippen LogP contribution in [0.5, 0.6) is 0 Å². The van der Waals surface area contributed by atoms with Crippen molar-refractivity contribution in [1.29, 1.82) is 0 Å². The molecule has 0 aliphatic heterocycles. The number of rotatable bonds is 7. The average Bonchev–Trinajstić information content (AvgIpc) is 2.80. The predicted octanol–water partition coefficient (Wildman–Crippen LogP) is 5.14. The van der Waals surface area contributed by atoms with Crippen molar-refractivity contribution in [2.75, 3.05) is 6.54 Å². The highest BCUT2D eigenvalue weighted by Crippen LogP contribution is 2.33. The fourth-order valence-corrected chi connectivity index (χ4v) is 4.23. The second-order valence-corrected chi connectivity index (χ2v) is 8.38. The molecule has 1 atom stereocenters. The van der Waals surface area contributed by atoms with Gasteiger partial charge in [-0.1, -0.05) is 96.7 Å². The minimum atomic E-state index is -0.263. The van der Waals surface area contributed by atoms with Gasteiger partial charge in [0.15, 0.2) is 0 Å². The molecule has 150 valence electrons. The summed E-state index contributed by atoms with van der Waals surface area (Å²) in [6.07, 6.45) is 0.818. The molecule has 0 unspecified atom stereocenters. The molecule has 0 aliphatic rings. The van der Waals surface area contributed by atoms with E-state index in [1.54, 1.807) is 0 Å². The van der Waals surface area contributed by atoms with E-state index < -0.39 is 0 Å². The third kappa shape index (κ3) is 4.69. The molecule has 0 bridgehead atoms. The van der Waals surface area contributed by atoms with Crippen molar-refractivity contribution in [2.45, 2.75) is 23.6 Å². The van der Waals surface area contributed by atoms with E-state index in [1.807, 2.05) is 73.7 Å². The number of nitrogens with zero attached hydrogens (tertiary/aromatic N) is 2. The highest BCUT2D eigenvalue weighted by molar-refractivity contribution is 8.00. The molecule has 5 heteroatoms. The van der Waals surface area contributed by atoms with E-state index in [4.69, 9.17) is 0 Å². The minimum absolute atomic E-state index is 0.00829. The summed E-state index contributed by atoms with van der Waals surface area (Å²) in [7, 11) is 0. The lowest BCUT2D eigenvalue weighted by Crippen LogP contribution is -2.32. The predicted molar refractivity (Wildman–Crippen MR) is 123 cm³/mol. The third-order valence-electron chi connectivity index (χ3n) is 4.91. The van der Waals surface area contributed by atoms with Crippen LogP contribution in [-0.4, -0.2) is 27.9 Å². The van der Waals surface area contributed by atoms with Crippen LogP contribution in [-0.2, 0) is 11.2 Å². The second kappa shape index (κ2) is 9.55. The zero-order valence-electron chi connectivity index (χ0n) is 16.8. The average molecular weight is 414 g/mol. The lowest BCUT2D eigenvalue weighted by molar-refractivity contribution is -0.120. The van der Waals surface area contributed by atoms with Gasteiger partial charge in [-0.25, -0.2) is 0 Å².